The first kappa shape index (κ1) is 19.6. The van der Waals surface area contributed by atoms with E-state index in [1.165, 1.54) is 16.4 Å². The molecule has 1 aromatic rings. The van der Waals surface area contributed by atoms with Crippen molar-refractivity contribution >= 4 is 27.3 Å². The number of rotatable bonds is 7. The highest BCUT2D eigenvalue weighted by Gasteiger charge is 2.30. The van der Waals surface area contributed by atoms with E-state index in [1.807, 2.05) is 0 Å². The normalized spacial score (nSPS) is 18.9. The summed E-state index contributed by atoms with van der Waals surface area (Å²) in [6.07, 6.45) is 3.45. The van der Waals surface area contributed by atoms with E-state index in [0.29, 0.717) is 19.0 Å². The number of amides is 1. The van der Waals surface area contributed by atoms with Gasteiger partial charge >= 0.3 is 0 Å². The molecule has 1 amide bonds. The van der Waals surface area contributed by atoms with Crippen molar-refractivity contribution in [1.82, 2.24) is 9.62 Å². The number of carbonyl (C=O) groups excluding carboxylic acids is 1. The van der Waals surface area contributed by atoms with Crippen molar-refractivity contribution in [2.75, 3.05) is 25.0 Å². The molecular formula is C17H24N4O5S. The Bertz CT molecular complexity index is 830. The molecule has 2 fully saturated rings. The predicted octanol–water partition coefficient (Wildman–Crippen LogP) is 1.71. The van der Waals surface area contributed by atoms with Gasteiger partial charge in [-0.3, -0.25) is 14.9 Å². The fourth-order valence-electron chi connectivity index (χ4n) is 3.03. The summed E-state index contributed by atoms with van der Waals surface area (Å²) < 4.78 is 27.0. The molecule has 1 aromatic carbocycles. The second-order valence-corrected chi connectivity index (χ2v) is 9.16. The summed E-state index contributed by atoms with van der Waals surface area (Å²) in [6.45, 7) is 2.80. The number of piperidine rings is 1. The maximum absolute atomic E-state index is 12.8. The van der Waals surface area contributed by atoms with Crippen LogP contribution in [0.3, 0.4) is 0 Å². The fraction of sp³-hybridized carbons (Fsp3) is 0.588. The van der Waals surface area contributed by atoms with Crippen molar-refractivity contribution in [3.8, 4) is 0 Å². The standard InChI is InChI=1S/C17H24N4O5S/c1-12-6-8-20(9-7-12)27(25,26)14-4-5-15(16(10-14)21(23)24)18-11-17(22)19-13-2-3-13/h4-5,10,12-13,18H,2-3,6-9,11H2,1H3,(H,19,22). The van der Waals surface area contributed by atoms with E-state index in [4.69, 9.17) is 0 Å². The van der Waals surface area contributed by atoms with Gasteiger partial charge in [-0.25, -0.2) is 8.42 Å². The Labute approximate surface area is 158 Å². The number of sulfonamides is 1. The van der Waals surface area contributed by atoms with Gasteiger partial charge in [0.05, 0.1) is 16.4 Å². The first-order valence-electron chi connectivity index (χ1n) is 9.09. The molecule has 2 aliphatic rings. The number of nitro groups is 1. The number of anilines is 1. The van der Waals surface area contributed by atoms with E-state index in [0.717, 1.165) is 31.7 Å². The number of benzene rings is 1. The Hall–Kier alpha value is -2.20. The molecule has 1 saturated heterocycles. The van der Waals surface area contributed by atoms with Crippen LogP contribution >= 0.6 is 0 Å². The number of nitrogens with zero attached hydrogens (tertiary/aromatic N) is 2. The van der Waals surface area contributed by atoms with Crippen molar-refractivity contribution < 1.29 is 18.1 Å². The Morgan fingerprint density at radius 1 is 1.26 bits per heavy atom. The van der Waals surface area contributed by atoms with E-state index >= 15 is 0 Å². The molecule has 9 nitrogen and oxygen atoms in total. The SMILES string of the molecule is CC1CCN(S(=O)(=O)c2ccc(NCC(=O)NC3CC3)c([N+](=O)[O-])c2)CC1. The second-order valence-electron chi connectivity index (χ2n) is 7.22. The molecule has 1 aliphatic carbocycles. The van der Waals surface area contributed by atoms with Gasteiger partial charge in [0.1, 0.15) is 5.69 Å². The van der Waals surface area contributed by atoms with Crippen molar-refractivity contribution in [3.05, 3.63) is 28.3 Å². The van der Waals surface area contributed by atoms with Crippen LogP contribution in [0.15, 0.2) is 23.1 Å². The lowest BCUT2D eigenvalue weighted by Gasteiger charge is -2.29. The summed E-state index contributed by atoms with van der Waals surface area (Å²) in [6, 6.07) is 3.96. The topological polar surface area (TPSA) is 122 Å². The fourth-order valence-corrected chi connectivity index (χ4v) is 4.52. The van der Waals surface area contributed by atoms with E-state index < -0.39 is 14.9 Å². The van der Waals surface area contributed by atoms with Gasteiger partial charge in [0.15, 0.2) is 0 Å². The molecule has 0 bridgehead atoms. The largest absolute Gasteiger partial charge is 0.371 e. The molecule has 2 N–H and O–H groups in total. The smallest absolute Gasteiger partial charge is 0.293 e. The lowest BCUT2D eigenvalue weighted by Crippen LogP contribution is -2.37. The third-order valence-corrected chi connectivity index (χ3v) is 6.82. The summed E-state index contributed by atoms with van der Waals surface area (Å²) in [4.78, 5) is 22.4. The minimum atomic E-state index is -3.78. The monoisotopic (exact) mass is 396 g/mol. The molecule has 0 radical (unpaired) electrons. The number of hydrogen-bond acceptors (Lipinski definition) is 6. The predicted molar refractivity (Wildman–Crippen MR) is 99.9 cm³/mol. The number of carbonyl (C=O) groups is 1. The van der Waals surface area contributed by atoms with Gasteiger partial charge in [0, 0.05) is 25.2 Å². The number of nitro benzene ring substituents is 1. The average molecular weight is 396 g/mol. The third kappa shape index (κ3) is 4.75. The second kappa shape index (κ2) is 7.81. The Morgan fingerprint density at radius 3 is 2.52 bits per heavy atom. The zero-order chi connectivity index (χ0) is 19.6. The quantitative estimate of drug-likeness (QED) is 0.534. The van der Waals surface area contributed by atoms with Gasteiger partial charge in [-0.2, -0.15) is 4.31 Å². The minimum absolute atomic E-state index is 0.100. The Morgan fingerprint density at radius 2 is 1.93 bits per heavy atom. The van der Waals surface area contributed by atoms with Gasteiger partial charge < -0.3 is 10.6 Å². The van der Waals surface area contributed by atoms with E-state index in [-0.39, 0.29) is 34.8 Å². The van der Waals surface area contributed by atoms with Gasteiger partial charge in [0.2, 0.25) is 15.9 Å². The number of hydrogen-bond donors (Lipinski definition) is 2. The van der Waals surface area contributed by atoms with Crippen LogP contribution < -0.4 is 10.6 Å². The van der Waals surface area contributed by atoms with Crippen LogP contribution in [0.1, 0.15) is 32.6 Å². The Balaban J connectivity index is 1.76. The lowest BCUT2D eigenvalue weighted by molar-refractivity contribution is -0.384. The first-order chi connectivity index (χ1) is 12.8. The van der Waals surface area contributed by atoms with Crippen molar-refractivity contribution in [3.63, 3.8) is 0 Å². The molecule has 3 rings (SSSR count). The molecule has 0 atom stereocenters. The van der Waals surface area contributed by atoms with Crippen LogP contribution in [0.25, 0.3) is 0 Å². The van der Waals surface area contributed by atoms with E-state index in [1.54, 1.807) is 0 Å². The minimum Gasteiger partial charge on any atom is -0.371 e. The summed E-state index contributed by atoms with van der Waals surface area (Å²) >= 11 is 0. The molecule has 27 heavy (non-hydrogen) atoms. The van der Waals surface area contributed by atoms with Crippen LogP contribution in [0.2, 0.25) is 0 Å². The zero-order valence-electron chi connectivity index (χ0n) is 15.2. The van der Waals surface area contributed by atoms with Gasteiger partial charge in [-0.1, -0.05) is 6.92 Å². The molecule has 148 valence electrons. The molecule has 0 aromatic heterocycles. The van der Waals surface area contributed by atoms with Gasteiger partial charge in [-0.15, -0.1) is 0 Å². The van der Waals surface area contributed by atoms with Crippen LogP contribution in [0.5, 0.6) is 0 Å². The lowest BCUT2D eigenvalue weighted by atomic mass is 10.0. The maximum atomic E-state index is 12.8. The van der Waals surface area contributed by atoms with Crippen LogP contribution in [0, 0.1) is 16.0 Å². The highest BCUT2D eigenvalue weighted by Crippen LogP contribution is 2.30. The van der Waals surface area contributed by atoms with Crippen molar-refractivity contribution in [2.24, 2.45) is 5.92 Å². The molecular weight excluding hydrogens is 372 g/mol. The molecule has 0 unspecified atom stereocenters. The Kier molecular flexibility index (Phi) is 5.66. The maximum Gasteiger partial charge on any atom is 0.293 e. The van der Waals surface area contributed by atoms with E-state index in [9.17, 15) is 23.3 Å². The van der Waals surface area contributed by atoms with E-state index in [2.05, 4.69) is 17.6 Å². The molecule has 0 spiro atoms. The summed E-state index contributed by atoms with van der Waals surface area (Å²) in [5, 5.41) is 16.9. The first-order valence-corrected chi connectivity index (χ1v) is 10.5. The van der Waals surface area contributed by atoms with Crippen LogP contribution in [-0.2, 0) is 14.8 Å². The third-order valence-electron chi connectivity index (χ3n) is 4.93. The van der Waals surface area contributed by atoms with Crippen LogP contribution in [-0.4, -0.2) is 49.2 Å². The van der Waals surface area contributed by atoms with Crippen LogP contribution in [0.4, 0.5) is 11.4 Å². The summed E-state index contributed by atoms with van der Waals surface area (Å²) in [5.74, 6) is 0.227. The van der Waals surface area contributed by atoms with Gasteiger partial charge in [0.25, 0.3) is 5.69 Å². The average Bonchev–Trinajstić information content (AvgIpc) is 3.44. The molecule has 10 heteroatoms. The molecule has 1 heterocycles. The summed E-state index contributed by atoms with van der Waals surface area (Å²) in [7, 11) is -3.78. The molecule has 1 saturated carbocycles. The van der Waals surface area contributed by atoms with Crippen molar-refractivity contribution in [2.45, 2.75) is 43.5 Å². The van der Waals surface area contributed by atoms with Gasteiger partial charge in [-0.05, 0) is 43.7 Å². The van der Waals surface area contributed by atoms with Crippen molar-refractivity contribution in [1.29, 1.82) is 0 Å². The summed E-state index contributed by atoms with van der Waals surface area (Å²) in [5.41, 5.74) is -0.238. The zero-order valence-corrected chi connectivity index (χ0v) is 16.0. The highest BCUT2D eigenvalue weighted by molar-refractivity contribution is 7.89. The highest BCUT2D eigenvalue weighted by atomic mass is 32.2. The number of nitrogens with one attached hydrogen (secondary N) is 2. The molecule has 1 aliphatic heterocycles.